The first-order valence-electron chi connectivity index (χ1n) is 20.3. The molecule has 0 aliphatic heterocycles. The van der Waals surface area contributed by atoms with Gasteiger partial charge in [0.2, 0.25) is 0 Å². The van der Waals surface area contributed by atoms with Crippen molar-refractivity contribution in [2.45, 2.75) is 0 Å². The van der Waals surface area contributed by atoms with E-state index >= 15 is 0 Å². The van der Waals surface area contributed by atoms with Crippen molar-refractivity contribution >= 4 is 81.3 Å². The molecule has 0 radical (unpaired) electrons. The van der Waals surface area contributed by atoms with Gasteiger partial charge in [-0.2, -0.15) is 0 Å². The molecule has 0 amide bonds. The zero-order valence-electron chi connectivity index (χ0n) is 32.7. The largest absolute Gasteiger partial charge is 0.456 e. The molecule has 5 nitrogen and oxygen atoms in total. The van der Waals surface area contributed by atoms with Crippen molar-refractivity contribution in [2.24, 2.45) is 0 Å². The summed E-state index contributed by atoms with van der Waals surface area (Å²) in [7, 11) is 0. The second kappa shape index (κ2) is 14.4. The summed E-state index contributed by atoms with van der Waals surface area (Å²) in [5.74, 6) is 1.77. The molecule has 0 spiro atoms. The smallest absolute Gasteiger partial charge is 0.164 e. The molecule has 3 heterocycles. The predicted octanol–water partition coefficient (Wildman–Crippen LogP) is 15.4. The molecule has 0 N–H and O–H groups in total. The minimum atomic E-state index is 0.564. The summed E-state index contributed by atoms with van der Waals surface area (Å²) in [4.78, 5) is 18.2. The van der Waals surface area contributed by atoms with Gasteiger partial charge in [-0.3, -0.25) is 0 Å². The molecule has 0 saturated heterocycles. The highest BCUT2D eigenvalue weighted by atomic mass is 32.1. The first kappa shape index (κ1) is 35.1. The normalized spacial score (nSPS) is 11.6. The van der Waals surface area contributed by atoms with Gasteiger partial charge in [0.15, 0.2) is 17.5 Å². The van der Waals surface area contributed by atoms with Gasteiger partial charge in [0.25, 0.3) is 0 Å². The number of furan rings is 1. The zero-order chi connectivity index (χ0) is 40.3. The number of benzene rings is 9. The SMILES string of the molecule is c1ccc(-c2ccc(N(c3cc(-c4nc(-c5ccccc5)nc(-c5cccc6ccccc56)n4)c4c(c3)oc3ccccc34)c3cccc4sc5ccccc5c34)cc2)cc1. The van der Waals surface area contributed by atoms with Gasteiger partial charge in [0, 0.05) is 59.4 Å². The minimum Gasteiger partial charge on any atom is -0.456 e. The van der Waals surface area contributed by atoms with Gasteiger partial charge in [0.1, 0.15) is 11.2 Å². The molecule has 0 aliphatic rings. The van der Waals surface area contributed by atoms with Crippen molar-refractivity contribution in [3.8, 4) is 45.3 Å². The molecule has 9 aromatic carbocycles. The summed E-state index contributed by atoms with van der Waals surface area (Å²) in [5.41, 5.74) is 9.58. The monoisotopic (exact) mass is 798 g/mol. The Hall–Kier alpha value is -7.93. The van der Waals surface area contributed by atoms with Crippen LogP contribution in [0.5, 0.6) is 0 Å². The molecule has 0 unspecified atom stereocenters. The number of fused-ring (bicyclic) bond motifs is 7. The third kappa shape index (κ3) is 6.04. The molecule has 0 atom stereocenters. The first-order valence-corrected chi connectivity index (χ1v) is 21.2. The van der Waals surface area contributed by atoms with E-state index in [1.165, 1.54) is 25.7 Å². The van der Waals surface area contributed by atoms with Crippen LogP contribution in [0.2, 0.25) is 0 Å². The molecule has 0 aliphatic carbocycles. The standard InChI is InChI=1S/C55H34N4OS/c1-3-15-35(16-4-1)36-29-31-39(32-30-36)59(46-25-14-28-50-52(46)44-23-10-12-27-49(44)61-50)40-33-45(51-43-22-9-11-26-47(43)60-48(51)34-40)55-57-53(38-18-5-2-6-19-38)56-54(58-55)42-24-13-20-37-17-7-8-21-41(37)42/h1-34H. The van der Waals surface area contributed by atoms with Crippen LogP contribution in [-0.4, -0.2) is 15.0 Å². The van der Waals surface area contributed by atoms with E-state index in [1.807, 2.05) is 41.7 Å². The van der Waals surface area contributed by atoms with Crippen LogP contribution in [-0.2, 0) is 0 Å². The van der Waals surface area contributed by atoms with E-state index in [0.717, 1.165) is 72.0 Å². The number of hydrogen-bond donors (Lipinski definition) is 0. The average molecular weight is 799 g/mol. The number of para-hydroxylation sites is 1. The Morgan fingerprint density at radius 2 is 0.984 bits per heavy atom. The van der Waals surface area contributed by atoms with Gasteiger partial charge in [-0.05, 0) is 64.4 Å². The van der Waals surface area contributed by atoms with E-state index < -0.39 is 0 Å². The van der Waals surface area contributed by atoms with E-state index in [1.54, 1.807) is 0 Å². The molecule has 12 aromatic rings. The Bertz CT molecular complexity index is 3590. The van der Waals surface area contributed by atoms with E-state index in [-0.39, 0.29) is 0 Å². The van der Waals surface area contributed by atoms with Crippen molar-refractivity contribution in [3.05, 3.63) is 206 Å². The van der Waals surface area contributed by atoms with Crippen molar-refractivity contribution < 1.29 is 4.42 Å². The maximum Gasteiger partial charge on any atom is 0.164 e. The third-order valence-corrected chi connectivity index (χ3v) is 12.7. The Morgan fingerprint density at radius 1 is 0.377 bits per heavy atom. The topological polar surface area (TPSA) is 55.1 Å². The number of anilines is 3. The second-order valence-electron chi connectivity index (χ2n) is 15.2. The van der Waals surface area contributed by atoms with Crippen LogP contribution in [0, 0.1) is 0 Å². The molecule has 286 valence electrons. The molecule has 61 heavy (non-hydrogen) atoms. The summed E-state index contributed by atoms with van der Waals surface area (Å²) < 4.78 is 9.26. The minimum absolute atomic E-state index is 0.564. The van der Waals surface area contributed by atoms with Crippen molar-refractivity contribution in [3.63, 3.8) is 0 Å². The van der Waals surface area contributed by atoms with Gasteiger partial charge < -0.3 is 9.32 Å². The fourth-order valence-corrected chi connectivity index (χ4v) is 9.83. The second-order valence-corrected chi connectivity index (χ2v) is 16.2. The Balaban J connectivity index is 1.15. The van der Waals surface area contributed by atoms with Gasteiger partial charge in [-0.25, -0.2) is 15.0 Å². The molecule has 0 bridgehead atoms. The number of hydrogen-bond acceptors (Lipinski definition) is 6. The zero-order valence-corrected chi connectivity index (χ0v) is 33.6. The van der Waals surface area contributed by atoms with Gasteiger partial charge in [0.05, 0.1) is 11.4 Å². The predicted molar refractivity (Wildman–Crippen MR) is 254 cm³/mol. The number of nitrogens with zero attached hydrogens (tertiary/aromatic N) is 4. The van der Waals surface area contributed by atoms with Crippen LogP contribution in [0.1, 0.15) is 0 Å². The molecule has 12 rings (SSSR count). The summed E-state index contributed by atoms with van der Waals surface area (Å²) in [6, 6.07) is 72.1. The van der Waals surface area contributed by atoms with Crippen molar-refractivity contribution in [1.82, 2.24) is 15.0 Å². The quantitative estimate of drug-likeness (QED) is 0.161. The van der Waals surface area contributed by atoms with Crippen LogP contribution >= 0.6 is 11.3 Å². The van der Waals surface area contributed by atoms with Crippen molar-refractivity contribution in [1.29, 1.82) is 0 Å². The highest BCUT2D eigenvalue weighted by molar-refractivity contribution is 7.26. The van der Waals surface area contributed by atoms with E-state index in [9.17, 15) is 0 Å². The molecule has 3 aromatic heterocycles. The molecule has 6 heteroatoms. The molecule has 0 fully saturated rings. The van der Waals surface area contributed by atoms with Gasteiger partial charge in [-0.1, -0.05) is 158 Å². The number of rotatable bonds is 7. The van der Waals surface area contributed by atoms with E-state index in [2.05, 4.69) is 181 Å². The number of thiophene rings is 1. The van der Waals surface area contributed by atoms with Crippen molar-refractivity contribution in [2.75, 3.05) is 4.90 Å². The first-order chi connectivity index (χ1) is 30.2. The van der Waals surface area contributed by atoms with Crippen LogP contribution in [0.25, 0.3) is 98.2 Å². The fourth-order valence-electron chi connectivity index (χ4n) is 8.70. The summed E-state index contributed by atoms with van der Waals surface area (Å²) >= 11 is 1.82. The van der Waals surface area contributed by atoms with Crippen LogP contribution < -0.4 is 4.90 Å². The molecular weight excluding hydrogens is 765 g/mol. The lowest BCUT2D eigenvalue weighted by molar-refractivity contribution is 0.669. The highest BCUT2D eigenvalue weighted by Gasteiger charge is 2.24. The number of aromatic nitrogens is 3. The third-order valence-electron chi connectivity index (χ3n) is 11.5. The van der Waals surface area contributed by atoms with E-state index in [4.69, 9.17) is 19.4 Å². The Kier molecular flexibility index (Phi) is 8.28. The summed E-state index contributed by atoms with van der Waals surface area (Å²) in [6.45, 7) is 0. The lowest BCUT2D eigenvalue weighted by Gasteiger charge is -2.27. The van der Waals surface area contributed by atoms with Crippen LogP contribution in [0.3, 0.4) is 0 Å². The van der Waals surface area contributed by atoms with Crippen LogP contribution in [0.15, 0.2) is 211 Å². The maximum atomic E-state index is 6.79. The van der Waals surface area contributed by atoms with Gasteiger partial charge in [-0.15, -0.1) is 11.3 Å². The lowest BCUT2D eigenvalue weighted by atomic mass is 10.0. The summed E-state index contributed by atoms with van der Waals surface area (Å²) in [5, 5.41) is 6.57. The Morgan fingerprint density at radius 3 is 1.80 bits per heavy atom. The maximum absolute atomic E-state index is 6.79. The molecule has 0 saturated carbocycles. The van der Waals surface area contributed by atoms with E-state index in [0.29, 0.717) is 17.5 Å². The van der Waals surface area contributed by atoms with Crippen LogP contribution in [0.4, 0.5) is 17.1 Å². The van der Waals surface area contributed by atoms with Gasteiger partial charge >= 0.3 is 0 Å². The fraction of sp³-hybridized carbons (Fsp3) is 0. The Labute approximate surface area is 355 Å². The summed E-state index contributed by atoms with van der Waals surface area (Å²) in [6.07, 6.45) is 0. The average Bonchev–Trinajstić information content (AvgIpc) is 3.91. The highest BCUT2D eigenvalue weighted by Crippen LogP contribution is 2.48. The lowest BCUT2D eigenvalue weighted by Crippen LogP contribution is -2.11. The molecular formula is C55H34N4OS.